The van der Waals surface area contributed by atoms with E-state index in [-0.39, 0.29) is 16.8 Å². The summed E-state index contributed by atoms with van der Waals surface area (Å²) >= 11 is 0. The van der Waals surface area contributed by atoms with E-state index in [4.69, 9.17) is 4.74 Å². The normalized spacial score (nSPS) is 16.6. The van der Waals surface area contributed by atoms with Gasteiger partial charge in [-0.15, -0.1) is 0 Å². The Bertz CT molecular complexity index is 903. The van der Waals surface area contributed by atoms with Gasteiger partial charge in [0.05, 0.1) is 13.2 Å². The van der Waals surface area contributed by atoms with E-state index in [0.29, 0.717) is 32.0 Å². The second kappa shape index (κ2) is 8.89. The molecule has 0 unspecified atom stereocenters. The number of morpholine rings is 1. The van der Waals surface area contributed by atoms with Gasteiger partial charge in [-0.3, -0.25) is 4.79 Å². The molecule has 1 aromatic heterocycles. The quantitative estimate of drug-likeness (QED) is 0.762. The van der Waals surface area contributed by atoms with Crippen LogP contribution in [0.2, 0.25) is 0 Å². The molecule has 0 aliphatic carbocycles. The maximum absolute atomic E-state index is 12.8. The van der Waals surface area contributed by atoms with Crippen LogP contribution in [0.1, 0.15) is 29.4 Å². The van der Waals surface area contributed by atoms with E-state index in [2.05, 4.69) is 5.32 Å². The number of carbonyl (C=O) groups is 1. The van der Waals surface area contributed by atoms with Gasteiger partial charge in [-0.2, -0.15) is 4.31 Å². The molecule has 28 heavy (non-hydrogen) atoms. The van der Waals surface area contributed by atoms with Gasteiger partial charge in [0.1, 0.15) is 10.6 Å². The van der Waals surface area contributed by atoms with Crippen molar-refractivity contribution in [1.82, 2.24) is 14.2 Å². The number of nitrogens with one attached hydrogen (secondary N) is 1. The Morgan fingerprint density at radius 1 is 1.21 bits per heavy atom. The fraction of sp³-hybridized carbons (Fsp3) is 0.450. The summed E-state index contributed by atoms with van der Waals surface area (Å²) in [5.74, 6) is -0.270. The van der Waals surface area contributed by atoms with Gasteiger partial charge < -0.3 is 14.6 Å². The molecule has 1 aromatic carbocycles. The summed E-state index contributed by atoms with van der Waals surface area (Å²) < 4.78 is 33.8. The maximum atomic E-state index is 12.8. The van der Waals surface area contributed by atoms with Gasteiger partial charge in [0.2, 0.25) is 10.0 Å². The lowest BCUT2D eigenvalue weighted by Crippen LogP contribution is -2.40. The molecule has 1 amide bonds. The lowest BCUT2D eigenvalue weighted by atomic mass is 10.0. The van der Waals surface area contributed by atoms with E-state index in [1.807, 2.05) is 37.3 Å². The lowest BCUT2D eigenvalue weighted by molar-refractivity contribution is 0.0730. The Morgan fingerprint density at radius 3 is 2.54 bits per heavy atom. The molecule has 1 fully saturated rings. The maximum Gasteiger partial charge on any atom is 0.268 e. The molecule has 0 radical (unpaired) electrons. The van der Waals surface area contributed by atoms with Crippen molar-refractivity contribution in [1.29, 1.82) is 0 Å². The average molecular weight is 406 g/mol. The molecule has 1 saturated heterocycles. The first kappa shape index (κ1) is 20.6. The van der Waals surface area contributed by atoms with Gasteiger partial charge in [0.15, 0.2) is 0 Å². The van der Waals surface area contributed by atoms with Crippen LogP contribution in [0.25, 0.3) is 0 Å². The number of amides is 1. The second-order valence-corrected chi connectivity index (χ2v) is 8.89. The summed E-state index contributed by atoms with van der Waals surface area (Å²) in [4.78, 5) is 12.9. The monoisotopic (exact) mass is 405 g/mol. The van der Waals surface area contributed by atoms with E-state index < -0.39 is 10.0 Å². The van der Waals surface area contributed by atoms with Crippen LogP contribution < -0.4 is 5.32 Å². The van der Waals surface area contributed by atoms with Gasteiger partial charge in [-0.05, 0) is 24.5 Å². The van der Waals surface area contributed by atoms with Crippen molar-refractivity contribution in [2.45, 2.75) is 30.7 Å². The van der Waals surface area contributed by atoms with Crippen molar-refractivity contribution < 1.29 is 17.9 Å². The highest BCUT2D eigenvalue weighted by atomic mass is 32.2. The molecule has 1 aliphatic heterocycles. The molecule has 1 atom stereocenters. The number of ether oxygens (including phenoxy) is 1. The van der Waals surface area contributed by atoms with E-state index in [1.165, 1.54) is 16.6 Å². The SMILES string of the molecule is CC[C@H](Cc1ccccc1)NC(=O)c1cc(S(=O)(=O)N2CCOCC2)cn1C. The van der Waals surface area contributed by atoms with Gasteiger partial charge in [0.25, 0.3) is 5.91 Å². The average Bonchev–Trinajstić information content (AvgIpc) is 3.11. The highest BCUT2D eigenvalue weighted by molar-refractivity contribution is 7.89. The lowest BCUT2D eigenvalue weighted by Gasteiger charge is -2.25. The highest BCUT2D eigenvalue weighted by Gasteiger charge is 2.29. The Kier molecular flexibility index (Phi) is 6.53. The highest BCUT2D eigenvalue weighted by Crippen LogP contribution is 2.20. The van der Waals surface area contributed by atoms with E-state index in [1.54, 1.807) is 11.6 Å². The first-order valence-corrected chi connectivity index (χ1v) is 10.9. The second-order valence-electron chi connectivity index (χ2n) is 6.96. The summed E-state index contributed by atoms with van der Waals surface area (Å²) in [7, 11) is -1.94. The van der Waals surface area contributed by atoms with Crippen LogP contribution >= 0.6 is 0 Å². The minimum atomic E-state index is -3.63. The third-order valence-electron chi connectivity index (χ3n) is 4.97. The molecule has 3 rings (SSSR count). The van der Waals surface area contributed by atoms with E-state index in [9.17, 15) is 13.2 Å². The number of aryl methyl sites for hydroxylation is 1. The molecule has 0 saturated carbocycles. The topological polar surface area (TPSA) is 80.6 Å². The zero-order chi connectivity index (χ0) is 20.1. The molecule has 0 spiro atoms. The minimum absolute atomic E-state index is 0.0240. The van der Waals surface area contributed by atoms with Crippen molar-refractivity contribution in [3.05, 3.63) is 53.9 Å². The van der Waals surface area contributed by atoms with Crippen LogP contribution in [0.5, 0.6) is 0 Å². The molecule has 0 bridgehead atoms. The van der Waals surface area contributed by atoms with Crippen molar-refractivity contribution in [3.8, 4) is 0 Å². The summed E-state index contributed by atoms with van der Waals surface area (Å²) in [6, 6.07) is 11.4. The van der Waals surface area contributed by atoms with Crippen molar-refractivity contribution in [2.75, 3.05) is 26.3 Å². The molecule has 1 N–H and O–H groups in total. The molecule has 2 heterocycles. The number of benzene rings is 1. The smallest absolute Gasteiger partial charge is 0.268 e. The Morgan fingerprint density at radius 2 is 1.89 bits per heavy atom. The Hall–Kier alpha value is -2.16. The van der Waals surface area contributed by atoms with Crippen LogP contribution in [0.15, 0.2) is 47.5 Å². The van der Waals surface area contributed by atoms with Gasteiger partial charge in [-0.25, -0.2) is 8.42 Å². The van der Waals surface area contributed by atoms with Crippen LogP contribution in [-0.4, -0.2) is 55.5 Å². The molecule has 2 aromatic rings. The summed E-state index contributed by atoms with van der Waals surface area (Å²) in [6.07, 6.45) is 3.01. The first-order chi connectivity index (χ1) is 13.4. The van der Waals surface area contributed by atoms with Crippen LogP contribution in [0, 0.1) is 0 Å². The zero-order valence-electron chi connectivity index (χ0n) is 16.3. The van der Waals surface area contributed by atoms with E-state index in [0.717, 1.165) is 18.4 Å². The number of sulfonamides is 1. The predicted octanol–water partition coefficient (Wildman–Crippen LogP) is 1.80. The predicted molar refractivity (Wildman–Crippen MR) is 107 cm³/mol. The van der Waals surface area contributed by atoms with Crippen molar-refractivity contribution in [2.24, 2.45) is 7.05 Å². The third kappa shape index (κ3) is 4.63. The van der Waals surface area contributed by atoms with Crippen molar-refractivity contribution in [3.63, 3.8) is 0 Å². The summed E-state index contributed by atoms with van der Waals surface area (Å²) in [6.45, 7) is 3.45. The fourth-order valence-electron chi connectivity index (χ4n) is 3.29. The van der Waals surface area contributed by atoms with Gasteiger partial charge in [-0.1, -0.05) is 37.3 Å². The fourth-order valence-corrected chi connectivity index (χ4v) is 4.77. The number of rotatable bonds is 7. The van der Waals surface area contributed by atoms with Gasteiger partial charge in [0, 0.05) is 32.4 Å². The number of carbonyl (C=O) groups excluding carboxylic acids is 1. The van der Waals surface area contributed by atoms with Gasteiger partial charge >= 0.3 is 0 Å². The third-order valence-corrected chi connectivity index (χ3v) is 6.84. The zero-order valence-corrected chi connectivity index (χ0v) is 17.1. The standard InChI is InChI=1S/C20H27N3O4S/c1-3-17(13-16-7-5-4-6-8-16)21-20(24)19-14-18(15-22(19)2)28(25,26)23-9-11-27-12-10-23/h4-8,14-15,17H,3,9-13H2,1-2H3,(H,21,24)/t17-/m1/s1. The van der Waals surface area contributed by atoms with Crippen LogP contribution in [0.4, 0.5) is 0 Å². The molecule has 152 valence electrons. The van der Waals surface area contributed by atoms with E-state index >= 15 is 0 Å². The summed E-state index contributed by atoms with van der Waals surface area (Å²) in [5.41, 5.74) is 1.48. The molecular weight excluding hydrogens is 378 g/mol. The number of hydrogen-bond acceptors (Lipinski definition) is 4. The summed E-state index contributed by atoms with van der Waals surface area (Å²) in [5, 5.41) is 3.03. The Labute approximate surface area is 166 Å². The molecule has 8 heteroatoms. The number of aromatic nitrogens is 1. The first-order valence-electron chi connectivity index (χ1n) is 9.51. The molecular formula is C20H27N3O4S. The molecule has 1 aliphatic rings. The number of hydrogen-bond donors (Lipinski definition) is 1. The largest absolute Gasteiger partial charge is 0.379 e. The minimum Gasteiger partial charge on any atom is -0.379 e. The number of nitrogens with zero attached hydrogens (tertiary/aromatic N) is 2. The Balaban J connectivity index is 1.73. The van der Waals surface area contributed by atoms with Crippen molar-refractivity contribution >= 4 is 15.9 Å². The van der Waals surface area contributed by atoms with Crippen LogP contribution in [-0.2, 0) is 28.2 Å². The van der Waals surface area contributed by atoms with Crippen LogP contribution in [0.3, 0.4) is 0 Å². The molecule has 7 nitrogen and oxygen atoms in total.